The molecule has 0 spiro atoms. The number of amides is 1. The first-order valence-corrected chi connectivity index (χ1v) is 9.97. The second-order valence-corrected chi connectivity index (χ2v) is 7.60. The number of piperazine rings is 2. The Balaban J connectivity index is 1.38. The van der Waals surface area contributed by atoms with Crippen LogP contribution in [-0.4, -0.2) is 85.1 Å². The molecule has 7 nitrogen and oxygen atoms in total. The minimum absolute atomic E-state index is 0.131. The Hall–Kier alpha value is -2.19. The molecule has 0 aliphatic carbocycles. The normalized spacial score (nSPS) is 19.0. The van der Waals surface area contributed by atoms with Gasteiger partial charge in [0.15, 0.2) is 0 Å². The molecule has 0 radical (unpaired) electrons. The lowest BCUT2D eigenvalue weighted by Gasteiger charge is -2.36. The molecule has 138 valence electrons. The Kier molecular flexibility index (Phi) is 5.03. The summed E-state index contributed by atoms with van der Waals surface area (Å²) in [5.41, 5.74) is 0.794. The number of hydrogen-bond donors (Lipinski definition) is 0. The summed E-state index contributed by atoms with van der Waals surface area (Å²) in [4.78, 5) is 30.2. The number of thiophene rings is 1. The van der Waals surface area contributed by atoms with E-state index in [1.165, 1.54) is 0 Å². The first-order valence-electron chi connectivity index (χ1n) is 9.03. The molecule has 0 aromatic carbocycles. The first kappa shape index (κ1) is 17.2. The molecule has 4 rings (SSSR count). The average molecular weight is 372 g/mol. The molecule has 0 bridgehead atoms. The summed E-state index contributed by atoms with van der Waals surface area (Å²) in [7, 11) is 2.15. The lowest BCUT2D eigenvalue weighted by atomic mass is 10.2. The number of carbonyl (C=O) groups excluding carboxylic acids is 1. The maximum atomic E-state index is 12.5. The van der Waals surface area contributed by atoms with Crippen molar-refractivity contribution in [2.45, 2.75) is 0 Å². The third-order valence-electron chi connectivity index (χ3n) is 5.12. The predicted molar refractivity (Wildman–Crippen MR) is 104 cm³/mol. The van der Waals surface area contributed by atoms with Crippen molar-refractivity contribution < 1.29 is 4.79 Å². The fourth-order valence-corrected chi connectivity index (χ4v) is 4.06. The summed E-state index contributed by atoms with van der Waals surface area (Å²) in [6, 6.07) is 3.98. The van der Waals surface area contributed by atoms with Gasteiger partial charge in [-0.2, -0.15) is 11.3 Å². The molecule has 1 amide bonds. The number of rotatable bonds is 3. The largest absolute Gasteiger partial charge is 0.354 e. The van der Waals surface area contributed by atoms with E-state index in [0.29, 0.717) is 0 Å². The van der Waals surface area contributed by atoms with Crippen LogP contribution in [0, 0.1) is 0 Å². The van der Waals surface area contributed by atoms with E-state index < -0.39 is 0 Å². The molecule has 0 saturated carbocycles. The van der Waals surface area contributed by atoms with E-state index in [1.54, 1.807) is 17.7 Å². The van der Waals surface area contributed by atoms with Gasteiger partial charge in [-0.15, -0.1) is 0 Å². The second kappa shape index (κ2) is 7.59. The van der Waals surface area contributed by atoms with Crippen molar-refractivity contribution in [1.29, 1.82) is 0 Å². The van der Waals surface area contributed by atoms with Crippen LogP contribution in [-0.2, 0) is 0 Å². The third-order valence-corrected chi connectivity index (χ3v) is 5.81. The highest BCUT2D eigenvalue weighted by Crippen LogP contribution is 2.20. The number of nitrogens with zero attached hydrogens (tertiary/aromatic N) is 6. The fraction of sp³-hybridized carbons (Fsp3) is 0.500. The molecule has 0 atom stereocenters. The zero-order valence-electron chi connectivity index (χ0n) is 15.0. The maximum absolute atomic E-state index is 12.5. The summed E-state index contributed by atoms with van der Waals surface area (Å²) >= 11 is 1.56. The van der Waals surface area contributed by atoms with E-state index in [-0.39, 0.29) is 5.91 Å². The van der Waals surface area contributed by atoms with Gasteiger partial charge >= 0.3 is 0 Å². The van der Waals surface area contributed by atoms with Gasteiger partial charge in [0.05, 0.1) is 5.56 Å². The molecule has 0 N–H and O–H groups in total. The van der Waals surface area contributed by atoms with Crippen LogP contribution in [0.25, 0.3) is 0 Å². The van der Waals surface area contributed by atoms with E-state index in [2.05, 4.69) is 37.8 Å². The van der Waals surface area contributed by atoms with Crippen LogP contribution in [0.3, 0.4) is 0 Å². The zero-order chi connectivity index (χ0) is 17.9. The SMILES string of the molecule is CN1CCN(c2cc(N3CCN(C(=O)c4ccsc4)CC3)ncn2)CC1. The van der Waals surface area contributed by atoms with Gasteiger partial charge in [-0.05, 0) is 18.5 Å². The van der Waals surface area contributed by atoms with Crippen molar-refractivity contribution in [3.8, 4) is 0 Å². The highest BCUT2D eigenvalue weighted by Gasteiger charge is 2.24. The molecule has 2 aliphatic heterocycles. The number of anilines is 2. The van der Waals surface area contributed by atoms with Gasteiger partial charge in [0.1, 0.15) is 18.0 Å². The molecule has 0 unspecified atom stereocenters. The molecule has 8 heteroatoms. The van der Waals surface area contributed by atoms with E-state index in [9.17, 15) is 4.79 Å². The number of hydrogen-bond acceptors (Lipinski definition) is 7. The quantitative estimate of drug-likeness (QED) is 0.808. The summed E-state index contributed by atoms with van der Waals surface area (Å²) in [6.07, 6.45) is 1.66. The van der Waals surface area contributed by atoms with Gasteiger partial charge in [-0.25, -0.2) is 9.97 Å². The average Bonchev–Trinajstić information content (AvgIpc) is 3.23. The van der Waals surface area contributed by atoms with Crippen molar-refractivity contribution in [3.63, 3.8) is 0 Å². The molecular formula is C18H24N6OS. The van der Waals surface area contributed by atoms with Crippen molar-refractivity contribution in [1.82, 2.24) is 19.8 Å². The Bertz CT molecular complexity index is 736. The second-order valence-electron chi connectivity index (χ2n) is 6.82. The molecule has 2 aromatic heterocycles. The molecule has 2 saturated heterocycles. The van der Waals surface area contributed by atoms with Crippen LogP contribution in [0.5, 0.6) is 0 Å². The Morgan fingerprint density at radius 2 is 1.58 bits per heavy atom. The first-order chi connectivity index (χ1) is 12.7. The molecule has 2 aliphatic rings. The van der Waals surface area contributed by atoms with E-state index in [0.717, 1.165) is 69.6 Å². The van der Waals surface area contributed by atoms with Gasteiger partial charge in [-0.1, -0.05) is 0 Å². The van der Waals surface area contributed by atoms with Crippen molar-refractivity contribution in [3.05, 3.63) is 34.8 Å². The van der Waals surface area contributed by atoms with Crippen molar-refractivity contribution >= 4 is 28.9 Å². The smallest absolute Gasteiger partial charge is 0.254 e. The number of likely N-dealkylation sites (N-methyl/N-ethyl adjacent to an activating group) is 1. The van der Waals surface area contributed by atoms with Crippen LogP contribution in [0.1, 0.15) is 10.4 Å². The zero-order valence-corrected chi connectivity index (χ0v) is 15.9. The Morgan fingerprint density at radius 1 is 0.962 bits per heavy atom. The summed E-state index contributed by atoms with van der Waals surface area (Å²) in [6.45, 7) is 7.16. The van der Waals surface area contributed by atoms with Crippen molar-refractivity contribution in [2.75, 3.05) is 69.2 Å². The standard InChI is InChI=1S/C18H24N6OS/c1-21-3-5-22(6-4-21)16-12-17(20-14-19-16)23-7-9-24(10-8-23)18(25)15-2-11-26-13-15/h2,11-14H,3-10H2,1H3. The van der Waals surface area contributed by atoms with Crippen LogP contribution < -0.4 is 9.80 Å². The van der Waals surface area contributed by atoms with Gasteiger partial charge in [-0.3, -0.25) is 4.79 Å². The molecule has 2 aromatic rings. The Morgan fingerprint density at radius 3 is 2.15 bits per heavy atom. The predicted octanol–water partition coefficient (Wildman–Crippen LogP) is 1.25. The van der Waals surface area contributed by atoms with E-state index in [1.807, 2.05) is 21.7 Å². The summed E-state index contributed by atoms with van der Waals surface area (Å²) in [5.74, 6) is 2.09. The van der Waals surface area contributed by atoms with Crippen LogP contribution in [0.15, 0.2) is 29.2 Å². The minimum atomic E-state index is 0.131. The van der Waals surface area contributed by atoms with Gasteiger partial charge < -0.3 is 19.6 Å². The summed E-state index contributed by atoms with van der Waals surface area (Å²) in [5, 5.41) is 3.87. The lowest BCUT2D eigenvalue weighted by Crippen LogP contribution is -2.49. The highest BCUT2D eigenvalue weighted by molar-refractivity contribution is 7.08. The van der Waals surface area contributed by atoms with Gasteiger partial charge in [0.2, 0.25) is 0 Å². The molecule has 26 heavy (non-hydrogen) atoms. The lowest BCUT2D eigenvalue weighted by molar-refractivity contribution is 0.0747. The van der Waals surface area contributed by atoms with Crippen LogP contribution in [0.2, 0.25) is 0 Å². The topological polar surface area (TPSA) is 55.8 Å². The number of carbonyl (C=O) groups is 1. The monoisotopic (exact) mass is 372 g/mol. The highest BCUT2D eigenvalue weighted by atomic mass is 32.1. The molecule has 2 fully saturated rings. The third kappa shape index (κ3) is 3.66. The Labute approximate surface area is 157 Å². The van der Waals surface area contributed by atoms with Gasteiger partial charge in [0.25, 0.3) is 5.91 Å². The van der Waals surface area contributed by atoms with Crippen molar-refractivity contribution in [2.24, 2.45) is 0 Å². The van der Waals surface area contributed by atoms with E-state index in [4.69, 9.17) is 0 Å². The van der Waals surface area contributed by atoms with E-state index >= 15 is 0 Å². The summed E-state index contributed by atoms with van der Waals surface area (Å²) < 4.78 is 0. The van der Waals surface area contributed by atoms with Crippen LogP contribution >= 0.6 is 11.3 Å². The molecular weight excluding hydrogens is 348 g/mol. The minimum Gasteiger partial charge on any atom is -0.354 e. The van der Waals surface area contributed by atoms with Gasteiger partial charge in [0, 0.05) is 63.8 Å². The molecule has 4 heterocycles. The maximum Gasteiger partial charge on any atom is 0.254 e. The van der Waals surface area contributed by atoms with Crippen LogP contribution in [0.4, 0.5) is 11.6 Å². The fourth-order valence-electron chi connectivity index (χ4n) is 3.43. The number of aromatic nitrogens is 2.